The van der Waals surface area contributed by atoms with Crippen molar-refractivity contribution >= 4 is 17.0 Å². The van der Waals surface area contributed by atoms with Crippen LogP contribution in [0.2, 0.25) is 0 Å². The van der Waals surface area contributed by atoms with Gasteiger partial charge in [0, 0.05) is 24.5 Å². The number of rotatable bonds is 1. The van der Waals surface area contributed by atoms with Crippen LogP contribution in [-0.4, -0.2) is 52.0 Å². The van der Waals surface area contributed by atoms with E-state index in [0.29, 0.717) is 18.2 Å². The number of nitrogens with one attached hydrogen (secondary N) is 2. The number of anilines is 1. The van der Waals surface area contributed by atoms with E-state index < -0.39 is 5.82 Å². The number of hydrogen-bond donors (Lipinski definition) is 3. The van der Waals surface area contributed by atoms with Crippen LogP contribution in [0.5, 0.6) is 0 Å². The van der Waals surface area contributed by atoms with E-state index in [4.69, 9.17) is 10.5 Å². The lowest BCUT2D eigenvalue weighted by Gasteiger charge is -2.41. The van der Waals surface area contributed by atoms with Gasteiger partial charge in [-0.05, 0) is 37.8 Å². The van der Waals surface area contributed by atoms with Crippen molar-refractivity contribution in [3.63, 3.8) is 0 Å². The van der Waals surface area contributed by atoms with Gasteiger partial charge in [-0.25, -0.2) is 4.39 Å². The van der Waals surface area contributed by atoms with Gasteiger partial charge in [-0.3, -0.25) is 14.9 Å². The number of nitrogens with zero attached hydrogens (tertiary/aromatic N) is 3. The molecule has 2 aliphatic rings. The number of H-pyrrole nitrogens is 2. The van der Waals surface area contributed by atoms with Crippen LogP contribution in [0.4, 0.5) is 10.3 Å². The zero-order valence-electron chi connectivity index (χ0n) is 17.1. The summed E-state index contributed by atoms with van der Waals surface area (Å²) in [6.07, 6.45) is 1.82. The van der Waals surface area contributed by atoms with Crippen LogP contribution in [0, 0.1) is 23.1 Å². The van der Waals surface area contributed by atoms with Crippen molar-refractivity contribution in [3.8, 4) is 11.8 Å². The van der Waals surface area contributed by atoms with Gasteiger partial charge in [0.15, 0.2) is 11.3 Å². The van der Waals surface area contributed by atoms with Crippen molar-refractivity contribution in [2.45, 2.75) is 31.9 Å². The fraction of sp³-hybridized carbons (Fsp3) is 0.409. The molecule has 4 N–H and O–H groups in total. The third-order valence-corrected chi connectivity index (χ3v) is 6.51. The molecule has 1 spiro atoms. The fourth-order valence-electron chi connectivity index (χ4n) is 4.49. The van der Waals surface area contributed by atoms with Crippen LogP contribution in [0.25, 0.3) is 11.0 Å². The van der Waals surface area contributed by atoms with Gasteiger partial charge in [-0.2, -0.15) is 10.1 Å². The zero-order valence-corrected chi connectivity index (χ0v) is 17.1. The average molecular weight is 422 g/mol. The van der Waals surface area contributed by atoms with Gasteiger partial charge in [0.05, 0.1) is 18.3 Å². The normalized spacial score (nSPS) is 22.6. The number of hydrogen-bond acceptors (Lipinski definition) is 6. The van der Waals surface area contributed by atoms with Crippen LogP contribution in [-0.2, 0) is 4.74 Å². The quantitative estimate of drug-likeness (QED) is 0.513. The van der Waals surface area contributed by atoms with Crippen molar-refractivity contribution < 1.29 is 9.13 Å². The summed E-state index contributed by atoms with van der Waals surface area (Å²) >= 11 is 0. The first kappa shape index (κ1) is 19.7. The summed E-state index contributed by atoms with van der Waals surface area (Å²) in [6, 6.07) is 6.22. The van der Waals surface area contributed by atoms with Crippen LogP contribution < -0.4 is 16.2 Å². The highest BCUT2D eigenvalue weighted by atomic mass is 19.1. The van der Waals surface area contributed by atoms with Crippen molar-refractivity contribution in [2.75, 3.05) is 24.6 Å². The van der Waals surface area contributed by atoms with E-state index in [1.54, 1.807) is 18.2 Å². The Labute approximate surface area is 178 Å². The smallest absolute Gasteiger partial charge is 0.264 e. The molecule has 3 aromatic rings. The van der Waals surface area contributed by atoms with Crippen LogP contribution in [0.15, 0.2) is 29.1 Å². The summed E-state index contributed by atoms with van der Waals surface area (Å²) in [4.78, 5) is 22.2. The molecule has 2 fully saturated rings. The second-order valence-corrected chi connectivity index (χ2v) is 8.31. The Morgan fingerprint density at radius 2 is 2.06 bits per heavy atom. The van der Waals surface area contributed by atoms with Crippen LogP contribution >= 0.6 is 0 Å². The fourth-order valence-corrected chi connectivity index (χ4v) is 4.49. The lowest BCUT2D eigenvalue weighted by Crippen LogP contribution is -2.51. The second-order valence-electron chi connectivity index (χ2n) is 8.31. The largest absolute Gasteiger partial charge is 0.376 e. The summed E-state index contributed by atoms with van der Waals surface area (Å²) < 4.78 is 19.6. The average Bonchev–Trinajstić information content (AvgIpc) is 3.31. The molecule has 160 valence electrons. The van der Waals surface area contributed by atoms with E-state index in [-0.39, 0.29) is 39.8 Å². The maximum atomic E-state index is 13.8. The highest BCUT2D eigenvalue weighted by Crippen LogP contribution is 2.41. The number of aromatic nitrogens is 4. The van der Waals surface area contributed by atoms with Crippen molar-refractivity contribution in [1.82, 2.24) is 20.2 Å². The Kier molecular flexibility index (Phi) is 4.76. The molecule has 0 unspecified atom stereocenters. The molecule has 0 radical (unpaired) electrons. The standard InChI is InChI=1S/C22H23FN6O2/c1-13-18(24)22(12-31-13)8-10-29(11-9-22)21-25-19-17(20(30)26-21)16(27-28-19)7-6-14-4-2-3-5-15(14)23/h2-5,13,18H,8-12,24H2,1H3,(H2,25,26,27,28,30)/t13-,18+/m0/s1. The maximum absolute atomic E-state index is 13.8. The summed E-state index contributed by atoms with van der Waals surface area (Å²) in [5.74, 6) is 5.57. The van der Waals surface area contributed by atoms with E-state index >= 15 is 0 Å². The van der Waals surface area contributed by atoms with Gasteiger partial charge in [-0.15, -0.1) is 0 Å². The van der Waals surface area contributed by atoms with E-state index in [0.717, 1.165) is 25.9 Å². The molecular formula is C22H23FN6O2. The summed E-state index contributed by atoms with van der Waals surface area (Å²) in [5, 5.41) is 7.15. The van der Waals surface area contributed by atoms with Gasteiger partial charge in [0.1, 0.15) is 11.2 Å². The molecule has 4 heterocycles. The Balaban J connectivity index is 1.40. The van der Waals surface area contributed by atoms with Crippen LogP contribution in [0.1, 0.15) is 31.0 Å². The Morgan fingerprint density at radius 3 is 2.77 bits per heavy atom. The molecule has 2 aliphatic heterocycles. The van der Waals surface area contributed by atoms with Gasteiger partial charge in [-0.1, -0.05) is 18.1 Å². The molecule has 5 rings (SSSR count). The lowest BCUT2D eigenvalue weighted by atomic mass is 9.73. The molecule has 0 saturated carbocycles. The SMILES string of the molecule is C[C@@H]1OCC2(CCN(c3nc4[nH]nc(C#Cc5ccccc5F)c4c(=O)[nH]3)CC2)[C@@H]1N. The molecule has 0 aliphatic carbocycles. The predicted molar refractivity (Wildman–Crippen MR) is 114 cm³/mol. The van der Waals surface area contributed by atoms with E-state index in [1.165, 1.54) is 6.07 Å². The van der Waals surface area contributed by atoms with Crippen molar-refractivity contribution in [2.24, 2.45) is 11.1 Å². The minimum atomic E-state index is -0.422. The Hall–Kier alpha value is -3.22. The third kappa shape index (κ3) is 3.38. The van der Waals surface area contributed by atoms with Gasteiger partial charge in [0.2, 0.25) is 5.95 Å². The first-order valence-corrected chi connectivity index (χ1v) is 10.3. The van der Waals surface area contributed by atoms with Gasteiger partial charge >= 0.3 is 0 Å². The minimum Gasteiger partial charge on any atom is -0.376 e. The number of aromatic amines is 2. The lowest BCUT2D eigenvalue weighted by molar-refractivity contribution is 0.0973. The molecule has 31 heavy (non-hydrogen) atoms. The molecule has 1 aromatic carbocycles. The monoisotopic (exact) mass is 422 g/mol. The Bertz CT molecular complexity index is 1250. The number of nitrogens with two attached hydrogens (primary N) is 1. The second kappa shape index (κ2) is 7.48. The van der Waals surface area contributed by atoms with Gasteiger partial charge in [0.25, 0.3) is 5.56 Å². The first-order valence-electron chi connectivity index (χ1n) is 10.3. The maximum Gasteiger partial charge on any atom is 0.264 e. The molecule has 8 nitrogen and oxygen atoms in total. The third-order valence-electron chi connectivity index (χ3n) is 6.51. The molecule has 2 aromatic heterocycles. The van der Waals surface area contributed by atoms with Crippen LogP contribution in [0.3, 0.4) is 0 Å². The molecule has 2 atom stereocenters. The number of ether oxygens (including phenoxy) is 1. The molecule has 0 amide bonds. The number of fused-ring (bicyclic) bond motifs is 1. The number of piperidine rings is 1. The van der Waals surface area contributed by atoms with Crippen molar-refractivity contribution in [3.05, 3.63) is 51.7 Å². The topological polar surface area (TPSA) is 113 Å². The van der Waals surface area contributed by atoms with Crippen molar-refractivity contribution in [1.29, 1.82) is 0 Å². The first-order chi connectivity index (χ1) is 15.0. The van der Waals surface area contributed by atoms with Gasteiger partial charge < -0.3 is 15.4 Å². The molecule has 9 heteroatoms. The van der Waals surface area contributed by atoms with E-state index in [2.05, 4.69) is 32.0 Å². The highest BCUT2D eigenvalue weighted by Gasteiger charge is 2.47. The zero-order chi connectivity index (χ0) is 21.6. The summed E-state index contributed by atoms with van der Waals surface area (Å²) in [5.41, 5.74) is 6.87. The summed E-state index contributed by atoms with van der Waals surface area (Å²) in [6.45, 7) is 4.15. The minimum absolute atomic E-state index is 0.0101. The highest BCUT2D eigenvalue weighted by molar-refractivity contribution is 5.80. The molecule has 2 saturated heterocycles. The van der Waals surface area contributed by atoms with E-state index in [1.807, 2.05) is 11.8 Å². The molecule has 0 bridgehead atoms. The summed E-state index contributed by atoms with van der Waals surface area (Å²) in [7, 11) is 0. The predicted octanol–water partition coefficient (Wildman–Crippen LogP) is 1.52. The number of benzene rings is 1. The Morgan fingerprint density at radius 1 is 1.29 bits per heavy atom. The van der Waals surface area contributed by atoms with E-state index in [9.17, 15) is 9.18 Å². The number of halogens is 1. The molecular weight excluding hydrogens is 399 g/mol.